The zero-order valence-electron chi connectivity index (χ0n) is 12.9. The number of nitrogens with zero attached hydrogens (tertiary/aromatic N) is 2. The summed E-state index contributed by atoms with van der Waals surface area (Å²) in [6, 6.07) is 6.51. The van der Waals surface area contributed by atoms with E-state index in [-0.39, 0.29) is 15.3 Å². The summed E-state index contributed by atoms with van der Waals surface area (Å²) >= 11 is 6.70. The zero-order valence-corrected chi connectivity index (χ0v) is 14.5. The van der Waals surface area contributed by atoms with Gasteiger partial charge in [0.25, 0.3) is 0 Å². The highest BCUT2D eigenvalue weighted by molar-refractivity contribution is 7.22. The highest BCUT2D eigenvalue weighted by Gasteiger charge is 2.44. The van der Waals surface area contributed by atoms with Crippen LogP contribution in [0, 0.1) is 11.6 Å². The number of hydrogen-bond donors (Lipinski definition) is 0. The first-order valence-electron chi connectivity index (χ1n) is 7.11. The number of aliphatic imine (C=N–C) groups is 1. The van der Waals surface area contributed by atoms with Crippen LogP contribution in [0.3, 0.4) is 0 Å². The van der Waals surface area contributed by atoms with E-state index in [1.807, 2.05) is 0 Å². The molecule has 0 bridgehead atoms. The summed E-state index contributed by atoms with van der Waals surface area (Å²) in [5.41, 5.74) is -0.260. The maximum absolute atomic E-state index is 13.7. The van der Waals surface area contributed by atoms with Gasteiger partial charge < -0.3 is 4.74 Å². The topological polar surface area (TPSA) is 34.5 Å². The standard InChI is InChI=1S/C16H7ClF6N2OS/c17-13(12-8(18)2-1-3-9(12)19)25-15-24-10-5-4-7(6-11(10)27-15)26-16(22,23)14(20)21/h1-6,14H. The molecule has 1 heterocycles. The van der Waals surface area contributed by atoms with Crippen LogP contribution in [0.15, 0.2) is 41.4 Å². The van der Waals surface area contributed by atoms with Gasteiger partial charge in [0, 0.05) is 0 Å². The first kappa shape index (κ1) is 19.4. The lowest BCUT2D eigenvalue weighted by Crippen LogP contribution is -2.33. The number of halogens is 7. The summed E-state index contributed by atoms with van der Waals surface area (Å²) < 4.78 is 82.1. The highest BCUT2D eigenvalue weighted by atomic mass is 35.5. The fraction of sp³-hybridized carbons (Fsp3) is 0.125. The van der Waals surface area contributed by atoms with Crippen molar-refractivity contribution in [2.45, 2.75) is 12.5 Å². The molecule has 0 spiro atoms. The number of hydrogen-bond acceptors (Lipinski definition) is 4. The lowest BCUT2D eigenvalue weighted by atomic mass is 10.2. The van der Waals surface area contributed by atoms with E-state index in [1.165, 1.54) is 6.07 Å². The molecule has 0 saturated carbocycles. The molecule has 0 unspecified atom stereocenters. The third-order valence-corrected chi connectivity index (χ3v) is 4.40. The Labute approximate surface area is 156 Å². The third-order valence-electron chi connectivity index (χ3n) is 3.22. The summed E-state index contributed by atoms with van der Waals surface area (Å²) in [4.78, 5) is 7.84. The molecule has 142 valence electrons. The first-order valence-corrected chi connectivity index (χ1v) is 8.31. The molecule has 0 aliphatic rings. The maximum Gasteiger partial charge on any atom is 0.461 e. The molecule has 3 nitrogen and oxygen atoms in total. The Kier molecular flexibility index (Phi) is 5.29. The Balaban J connectivity index is 1.93. The van der Waals surface area contributed by atoms with Gasteiger partial charge in [-0.15, -0.1) is 0 Å². The number of benzene rings is 2. The minimum Gasteiger partial charge on any atom is -0.428 e. The second-order valence-electron chi connectivity index (χ2n) is 5.09. The molecule has 0 amide bonds. The van der Waals surface area contributed by atoms with Crippen LogP contribution in [0.1, 0.15) is 5.56 Å². The van der Waals surface area contributed by atoms with Gasteiger partial charge in [0.05, 0.1) is 15.8 Å². The summed E-state index contributed by atoms with van der Waals surface area (Å²) in [6.45, 7) is 0. The van der Waals surface area contributed by atoms with Crippen molar-refractivity contribution in [3.63, 3.8) is 0 Å². The van der Waals surface area contributed by atoms with Crippen molar-refractivity contribution in [1.82, 2.24) is 4.98 Å². The summed E-state index contributed by atoms with van der Waals surface area (Å²) in [5, 5.41) is -0.513. The van der Waals surface area contributed by atoms with Crippen molar-refractivity contribution < 1.29 is 31.1 Å². The summed E-state index contributed by atoms with van der Waals surface area (Å²) in [6.07, 6.45) is -8.64. The molecule has 27 heavy (non-hydrogen) atoms. The molecule has 3 rings (SSSR count). The molecule has 0 atom stereocenters. The fourth-order valence-corrected chi connectivity index (χ4v) is 3.22. The van der Waals surface area contributed by atoms with E-state index in [1.54, 1.807) is 0 Å². The van der Waals surface area contributed by atoms with E-state index in [2.05, 4.69) is 14.7 Å². The minimum absolute atomic E-state index is 0.0181. The number of aromatic nitrogens is 1. The van der Waals surface area contributed by atoms with Gasteiger partial charge in [0.15, 0.2) is 0 Å². The molecular weight excluding hydrogens is 418 g/mol. The average molecular weight is 425 g/mol. The summed E-state index contributed by atoms with van der Waals surface area (Å²) in [5.74, 6) is -2.34. The van der Waals surface area contributed by atoms with Crippen LogP contribution in [0.4, 0.5) is 31.5 Å². The first-order chi connectivity index (χ1) is 12.7. The number of thiazole rings is 1. The van der Waals surface area contributed by atoms with Gasteiger partial charge in [0.2, 0.25) is 5.13 Å². The molecular formula is C16H7ClF6N2OS. The quantitative estimate of drug-likeness (QED) is 0.365. The lowest BCUT2D eigenvalue weighted by Gasteiger charge is -2.16. The van der Waals surface area contributed by atoms with Crippen LogP contribution in [0.2, 0.25) is 0 Å². The van der Waals surface area contributed by atoms with Crippen LogP contribution in [0.5, 0.6) is 5.75 Å². The Morgan fingerprint density at radius 2 is 1.81 bits per heavy atom. The van der Waals surface area contributed by atoms with E-state index in [9.17, 15) is 26.3 Å². The van der Waals surface area contributed by atoms with Crippen molar-refractivity contribution in [2.24, 2.45) is 4.99 Å². The van der Waals surface area contributed by atoms with E-state index in [4.69, 9.17) is 11.6 Å². The fourth-order valence-electron chi connectivity index (χ4n) is 2.04. The number of rotatable bonds is 5. The molecule has 0 aliphatic heterocycles. The van der Waals surface area contributed by atoms with Crippen LogP contribution >= 0.6 is 22.9 Å². The second kappa shape index (κ2) is 7.35. The van der Waals surface area contributed by atoms with Gasteiger partial charge in [-0.2, -0.15) is 17.6 Å². The number of ether oxygens (including phenoxy) is 1. The van der Waals surface area contributed by atoms with E-state index < -0.39 is 40.7 Å². The SMILES string of the molecule is Fc1cccc(F)c1C(Cl)=Nc1nc2ccc(OC(F)(F)C(F)F)cc2s1. The predicted octanol–water partition coefficient (Wildman–Crippen LogP) is 6.13. The zero-order chi connectivity index (χ0) is 19.8. The summed E-state index contributed by atoms with van der Waals surface area (Å²) in [7, 11) is 0. The van der Waals surface area contributed by atoms with Crippen molar-refractivity contribution in [2.75, 3.05) is 0 Å². The highest BCUT2D eigenvalue weighted by Crippen LogP contribution is 2.34. The van der Waals surface area contributed by atoms with Crippen LogP contribution < -0.4 is 4.74 Å². The van der Waals surface area contributed by atoms with E-state index in [0.29, 0.717) is 0 Å². The molecule has 0 radical (unpaired) electrons. The third kappa shape index (κ3) is 4.16. The van der Waals surface area contributed by atoms with Crippen molar-refractivity contribution >= 4 is 43.5 Å². The van der Waals surface area contributed by atoms with Crippen LogP contribution in [0.25, 0.3) is 10.2 Å². The van der Waals surface area contributed by atoms with Crippen molar-refractivity contribution in [1.29, 1.82) is 0 Å². The molecule has 0 N–H and O–H groups in total. The molecule has 1 aromatic heterocycles. The van der Waals surface area contributed by atoms with Crippen molar-refractivity contribution in [3.8, 4) is 5.75 Å². The lowest BCUT2D eigenvalue weighted by molar-refractivity contribution is -0.253. The Bertz CT molecular complexity index is 1000. The van der Waals surface area contributed by atoms with E-state index in [0.717, 1.165) is 41.7 Å². The molecule has 0 aliphatic carbocycles. The molecule has 3 aromatic rings. The van der Waals surface area contributed by atoms with Crippen LogP contribution in [-0.4, -0.2) is 22.7 Å². The van der Waals surface area contributed by atoms with Crippen LogP contribution in [-0.2, 0) is 0 Å². The Hall–Kier alpha value is -2.33. The normalized spacial score (nSPS) is 12.8. The number of alkyl halides is 4. The van der Waals surface area contributed by atoms with Gasteiger partial charge in [-0.05, 0) is 30.3 Å². The van der Waals surface area contributed by atoms with Crippen molar-refractivity contribution in [3.05, 3.63) is 53.6 Å². The predicted molar refractivity (Wildman–Crippen MR) is 89.6 cm³/mol. The van der Waals surface area contributed by atoms with Gasteiger partial charge in [-0.3, -0.25) is 0 Å². The maximum atomic E-state index is 13.7. The average Bonchev–Trinajstić information content (AvgIpc) is 2.95. The molecule has 11 heteroatoms. The van der Waals surface area contributed by atoms with Gasteiger partial charge >= 0.3 is 12.5 Å². The minimum atomic E-state index is -4.65. The molecule has 0 saturated heterocycles. The Morgan fingerprint density at radius 3 is 2.44 bits per heavy atom. The van der Waals surface area contributed by atoms with Gasteiger partial charge in [-0.1, -0.05) is 29.0 Å². The Morgan fingerprint density at radius 1 is 1.15 bits per heavy atom. The molecule has 0 fully saturated rings. The van der Waals surface area contributed by atoms with Gasteiger partial charge in [0.1, 0.15) is 22.6 Å². The van der Waals surface area contributed by atoms with E-state index >= 15 is 0 Å². The second-order valence-corrected chi connectivity index (χ2v) is 6.46. The monoisotopic (exact) mass is 424 g/mol. The smallest absolute Gasteiger partial charge is 0.428 e. The largest absolute Gasteiger partial charge is 0.461 e. The number of fused-ring (bicyclic) bond motifs is 1. The van der Waals surface area contributed by atoms with Gasteiger partial charge in [-0.25, -0.2) is 18.8 Å². The molecule has 2 aromatic carbocycles.